The summed E-state index contributed by atoms with van der Waals surface area (Å²) in [6.45, 7) is 8.16. The first-order chi connectivity index (χ1) is 17.3. The molecule has 5 heteroatoms. The second-order valence-electron chi connectivity index (χ2n) is 11.2. The number of hydrogen-bond acceptors (Lipinski definition) is 4. The van der Waals surface area contributed by atoms with Crippen LogP contribution in [-0.2, 0) is 16.8 Å². The predicted molar refractivity (Wildman–Crippen MR) is 145 cm³/mol. The zero-order valence-corrected chi connectivity index (χ0v) is 22.0. The highest BCUT2D eigenvalue weighted by molar-refractivity contribution is 6.09. The topological polar surface area (TPSA) is 42.0 Å². The smallest absolute Gasteiger partial charge is 0.240 e. The largest absolute Gasteiger partial charge is 0.497 e. The Kier molecular flexibility index (Phi) is 6.19. The third-order valence-corrected chi connectivity index (χ3v) is 7.69. The summed E-state index contributed by atoms with van der Waals surface area (Å²) in [6, 6.07) is 24.6. The van der Waals surface area contributed by atoms with Gasteiger partial charge in [0.05, 0.1) is 26.2 Å². The average molecular weight is 485 g/mol. The summed E-state index contributed by atoms with van der Waals surface area (Å²) in [5.74, 6) is 1.82. The van der Waals surface area contributed by atoms with Crippen LogP contribution in [0.15, 0.2) is 72.8 Å². The van der Waals surface area contributed by atoms with Crippen molar-refractivity contribution in [1.82, 2.24) is 0 Å². The number of rotatable bonds is 6. The lowest BCUT2D eigenvalue weighted by Gasteiger charge is -2.39. The number of carbonyl (C=O) groups excluding carboxylic acids is 1. The Morgan fingerprint density at radius 3 is 2.22 bits per heavy atom. The summed E-state index contributed by atoms with van der Waals surface area (Å²) >= 11 is 0. The third-order valence-electron chi connectivity index (χ3n) is 7.69. The Morgan fingerprint density at radius 2 is 1.58 bits per heavy atom. The van der Waals surface area contributed by atoms with Gasteiger partial charge in [-0.2, -0.15) is 0 Å². The van der Waals surface area contributed by atoms with Crippen LogP contribution in [0.4, 0.5) is 11.4 Å². The molecule has 3 aromatic rings. The molecule has 0 aliphatic carbocycles. The molecule has 188 valence electrons. The second-order valence-corrected chi connectivity index (χ2v) is 11.2. The van der Waals surface area contributed by atoms with Crippen LogP contribution in [-0.4, -0.2) is 32.7 Å². The minimum atomic E-state index is -0.633. The molecule has 1 fully saturated rings. The molecule has 1 spiro atoms. The van der Waals surface area contributed by atoms with E-state index < -0.39 is 5.41 Å². The Labute approximate surface area is 214 Å². The Hall–Kier alpha value is -3.47. The average Bonchev–Trinajstić information content (AvgIpc) is 3.35. The van der Waals surface area contributed by atoms with Crippen molar-refractivity contribution >= 4 is 17.3 Å². The molecular formula is C31H36N2O3. The van der Waals surface area contributed by atoms with Crippen LogP contribution in [0.5, 0.6) is 11.5 Å². The monoisotopic (exact) mass is 484 g/mol. The standard InChI is InChI=1S/C31H36N2O3/c1-30(2,3)20-28-31(17-18-32(28)23-11-13-24(35-4)14-12-23)26-19-25(36-5)15-16-27(26)33(29(31)34)21-22-9-7-6-8-10-22/h6-16,19,28H,17-18,20-21H2,1-5H3/t28-,31-/m0/s1. The fourth-order valence-corrected chi connectivity index (χ4v) is 6.02. The van der Waals surface area contributed by atoms with Crippen LogP contribution >= 0.6 is 0 Å². The molecule has 5 rings (SSSR count). The minimum Gasteiger partial charge on any atom is -0.497 e. The van der Waals surface area contributed by atoms with E-state index in [1.165, 1.54) is 0 Å². The van der Waals surface area contributed by atoms with Gasteiger partial charge in [-0.25, -0.2) is 0 Å². The second kappa shape index (κ2) is 9.20. The van der Waals surface area contributed by atoms with Crippen molar-refractivity contribution in [2.45, 2.75) is 51.6 Å². The number of ether oxygens (including phenoxy) is 2. The third kappa shape index (κ3) is 4.11. The first kappa shape index (κ1) is 24.2. The molecular weight excluding hydrogens is 448 g/mol. The fourth-order valence-electron chi connectivity index (χ4n) is 6.02. The Bertz CT molecular complexity index is 1230. The number of anilines is 2. The summed E-state index contributed by atoms with van der Waals surface area (Å²) in [6.07, 6.45) is 1.66. The lowest BCUT2D eigenvalue weighted by atomic mass is 9.70. The Morgan fingerprint density at radius 1 is 0.917 bits per heavy atom. The van der Waals surface area contributed by atoms with Crippen molar-refractivity contribution in [3.05, 3.63) is 83.9 Å². The Balaban J connectivity index is 1.64. The van der Waals surface area contributed by atoms with Crippen LogP contribution in [0.2, 0.25) is 0 Å². The maximum atomic E-state index is 14.6. The zero-order chi connectivity index (χ0) is 25.5. The summed E-state index contributed by atoms with van der Waals surface area (Å²) in [7, 11) is 3.38. The fraction of sp³-hybridized carbons (Fsp3) is 0.387. The normalized spacial score (nSPS) is 21.2. The van der Waals surface area contributed by atoms with Crippen molar-refractivity contribution in [1.29, 1.82) is 0 Å². The zero-order valence-electron chi connectivity index (χ0n) is 22.0. The van der Waals surface area contributed by atoms with Gasteiger partial charge in [0.25, 0.3) is 0 Å². The number of amides is 1. The van der Waals surface area contributed by atoms with Gasteiger partial charge < -0.3 is 19.3 Å². The minimum absolute atomic E-state index is 0.0185. The molecule has 1 amide bonds. The van der Waals surface area contributed by atoms with Gasteiger partial charge in [-0.3, -0.25) is 4.79 Å². The highest BCUT2D eigenvalue weighted by Crippen LogP contribution is 2.55. The maximum Gasteiger partial charge on any atom is 0.240 e. The molecule has 0 aromatic heterocycles. The molecule has 5 nitrogen and oxygen atoms in total. The van der Waals surface area contributed by atoms with Crippen molar-refractivity contribution in [3.8, 4) is 11.5 Å². The van der Waals surface area contributed by atoms with E-state index in [1.807, 2.05) is 41.3 Å². The van der Waals surface area contributed by atoms with E-state index in [0.717, 1.165) is 53.4 Å². The molecule has 3 aromatic carbocycles. The number of benzene rings is 3. The molecule has 0 N–H and O–H groups in total. The lowest BCUT2D eigenvalue weighted by molar-refractivity contribution is -0.123. The van der Waals surface area contributed by atoms with Crippen molar-refractivity contribution in [3.63, 3.8) is 0 Å². The summed E-state index contributed by atoms with van der Waals surface area (Å²) in [4.78, 5) is 19.0. The molecule has 2 atom stereocenters. The molecule has 1 saturated heterocycles. The number of carbonyl (C=O) groups is 1. The van der Waals surface area contributed by atoms with Crippen molar-refractivity contribution in [2.75, 3.05) is 30.6 Å². The van der Waals surface area contributed by atoms with Gasteiger partial charge in [0, 0.05) is 24.0 Å². The number of hydrogen-bond donors (Lipinski definition) is 0. The summed E-state index contributed by atoms with van der Waals surface area (Å²) in [5.41, 5.74) is 3.75. The first-order valence-electron chi connectivity index (χ1n) is 12.7. The van der Waals surface area contributed by atoms with Crippen LogP contribution in [0.1, 0.15) is 44.7 Å². The summed E-state index contributed by atoms with van der Waals surface area (Å²) < 4.78 is 11.0. The van der Waals surface area contributed by atoms with Gasteiger partial charge in [0.1, 0.15) is 11.5 Å². The summed E-state index contributed by atoms with van der Waals surface area (Å²) in [5, 5.41) is 0. The first-order valence-corrected chi connectivity index (χ1v) is 12.7. The van der Waals surface area contributed by atoms with Crippen LogP contribution in [0.25, 0.3) is 0 Å². The van der Waals surface area contributed by atoms with E-state index >= 15 is 0 Å². The van der Waals surface area contributed by atoms with E-state index in [4.69, 9.17) is 9.47 Å². The quantitative estimate of drug-likeness (QED) is 0.418. The lowest BCUT2D eigenvalue weighted by Crippen LogP contribution is -2.51. The molecule has 36 heavy (non-hydrogen) atoms. The molecule has 0 bridgehead atoms. The van der Waals surface area contributed by atoms with Gasteiger partial charge in [-0.1, -0.05) is 51.1 Å². The van der Waals surface area contributed by atoms with Crippen molar-refractivity contribution in [2.24, 2.45) is 5.41 Å². The molecule has 0 unspecified atom stereocenters. The van der Waals surface area contributed by atoms with E-state index in [9.17, 15) is 4.79 Å². The molecule has 2 aliphatic heterocycles. The van der Waals surface area contributed by atoms with E-state index in [1.54, 1.807) is 14.2 Å². The highest BCUT2D eigenvalue weighted by atomic mass is 16.5. The van der Waals surface area contributed by atoms with E-state index in [0.29, 0.717) is 6.54 Å². The maximum absolute atomic E-state index is 14.6. The van der Waals surface area contributed by atoms with Crippen LogP contribution < -0.4 is 19.3 Å². The van der Waals surface area contributed by atoms with E-state index in [-0.39, 0.29) is 17.4 Å². The number of methoxy groups -OCH3 is 2. The van der Waals surface area contributed by atoms with Gasteiger partial charge in [0.2, 0.25) is 5.91 Å². The van der Waals surface area contributed by atoms with Crippen LogP contribution in [0, 0.1) is 5.41 Å². The molecule has 2 heterocycles. The van der Waals surface area contributed by atoms with Gasteiger partial charge >= 0.3 is 0 Å². The molecule has 2 aliphatic rings. The van der Waals surface area contributed by atoms with E-state index in [2.05, 4.69) is 62.1 Å². The highest BCUT2D eigenvalue weighted by Gasteiger charge is 2.60. The number of nitrogens with zero attached hydrogens (tertiary/aromatic N) is 2. The predicted octanol–water partition coefficient (Wildman–Crippen LogP) is 6.20. The van der Waals surface area contributed by atoms with Gasteiger partial charge in [0.15, 0.2) is 0 Å². The van der Waals surface area contributed by atoms with Gasteiger partial charge in [-0.05, 0) is 71.8 Å². The van der Waals surface area contributed by atoms with Crippen molar-refractivity contribution < 1.29 is 14.3 Å². The molecule has 0 radical (unpaired) electrons. The van der Waals surface area contributed by atoms with Crippen LogP contribution in [0.3, 0.4) is 0 Å². The SMILES string of the molecule is COc1ccc(N2CC[C@@]3(C(=O)N(Cc4ccccc4)c4ccc(OC)cc43)[C@@H]2CC(C)(C)C)cc1. The molecule has 0 saturated carbocycles. The number of fused-ring (bicyclic) bond motifs is 2. The van der Waals surface area contributed by atoms with Gasteiger partial charge in [-0.15, -0.1) is 0 Å².